The van der Waals surface area contributed by atoms with E-state index in [2.05, 4.69) is 5.32 Å². The van der Waals surface area contributed by atoms with Crippen molar-refractivity contribution in [1.29, 1.82) is 0 Å². The van der Waals surface area contributed by atoms with Crippen LogP contribution in [0.3, 0.4) is 0 Å². The van der Waals surface area contributed by atoms with Crippen molar-refractivity contribution >= 4 is 28.9 Å². The molecule has 1 aliphatic carbocycles. The third-order valence-corrected chi connectivity index (χ3v) is 3.90. The number of likely N-dealkylation sites (tertiary alicyclic amines) is 1. The predicted molar refractivity (Wildman–Crippen MR) is 74.9 cm³/mol. The zero-order valence-electron chi connectivity index (χ0n) is 10.7. The van der Waals surface area contributed by atoms with Crippen LogP contribution in [0, 0.1) is 10.1 Å². The fourth-order valence-corrected chi connectivity index (χ4v) is 2.73. The highest BCUT2D eigenvalue weighted by atomic mass is 35.5. The van der Waals surface area contributed by atoms with Gasteiger partial charge in [0, 0.05) is 30.1 Å². The van der Waals surface area contributed by atoms with Gasteiger partial charge in [0.2, 0.25) is 5.91 Å². The Kier molecular flexibility index (Phi) is 3.25. The first kappa shape index (κ1) is 13.2. The van der Waals surface area contributed by atoms with Gasteiger partial charge in [-0.15, -0.1) is 0 Å². The first-order valence-corrected chi connectivity index (χ1v) is 6.92. The van der Waals surface area contributed by atoms with Gasteiger partial charge in [-0.25, -0.2) is 0 Å². The molecule has 1 atom stereocenters. The lowest BCUT2D eigenvalue weighted by Crippen LogP contribution is -2.29. The predicted octanol–water partition coefficient (Wildman–Crippen LogP) is 2.42. The molecule has 0 spiro atoms. The molecule has 0 bridgehead atoms. The summed E-state index contributed by atoms with van der Waals surface area (Å²) in [4.78, 5) is 24.3. The van der Waals surface area contributed by atoms with Gasteiger partial charge in [0.15, 0.2) is 0 Å². The summed E-state index contributed by atoms with van der Waals surface area (Å²) in [6.45, 7) is 0.614. The Labute approximate surface area is 120 Å². The number of nitro benzene ring substituents is 1. The van der Waals surface area contributed by atoms with Gasteiger partial charge in [-0.2, -0.15) is 0 Å². The second-order valence-electron chi connectivity index (χ2n) is 5.24. The number of anilines is 1. The highest BCUT2D eigenvalue weighted by molar-refractivity contribution is 6.30. The molecule has 6 nitrogen and oxygen atoms in total. The number of carbonyl (C=O) groups excluding carboxylic acids is 1. The molecule has 1 aromatic carbocycles. The van der Waals surface area contributed by atoms with Gasteiger partial charge in [-0.3, -0.25) is 14.9 Å². The van der Waals surface area contributed by atoms with Crippen LogP contribution in [0.15, 0.2) is 18.2 Å². The Morgan fingerprint density at radius 1 is 1.40 bits per heavy atom. The van der Waals surface area contributed by atoms with Crippen molar-refractivity contribution in [3.63, 3.8) is 0 Å². The van der Waals surface area contributed by atoms with Crippen LogP contribution in [0.2, 0.25) is 5.02 Å². The molecule has 1 aromatic rings. The average molecular weight is 296 g/mol. The maximum atomic E-state index is 11.9. The van der Waals surface area contributed by atoms with Crippen LogP contribution in [0.5, 0.6) is 0 Å². The third kappa shape index (κ3) is 2.56. The number of nitrogens with one attached hydrogen (secondary N) is 1. The summed E-state index contributed by atoms with van der Waals surface area (Å²) in [6, 6.07) is 4.81. The molecule has 1 amide bonds. The van der Waals surface area contributed by atoms with Crippen molar-refractivity contribution in [2.45, 2.75) is 31.3 Å². The number of amides is 1. The molecule has 3 rings (SSSR count). The van der Waals surface area contributed by atoms with E-state index in [-0.39, 0.29) is 17.6 Å². The molecule has 0 radical (unpaired) electrons. The van der Waals surface area contributed by atoms with Crippen LogP contribution < -0.4 is 5.32 Å². The minimum Gasteiger partial charge on any atom is -0.374 e. The number of benzene rings is 1. The van der Waals surface area contributed by atoms with Crippen molar-refractivity contribution in [2.24, 2.45) is 0 Å². The highest BCUT2D eigenvalue weighted by Gasteiger charge is 2.39. The smallest absolute Gasteiger partial charge is 0.293 e. The van der Waals surface area contributed by atoms with E-state index in [1.807, 2.05) is 4.90 Å². The minimum absolute atomic E-state index is 0.0604. The molecule has 1 saturated carbocycles. The van der Waals surface area contributed by atoms with Crippen molar-refractivity contribution in [2.75, 3.05) is 11.9 Å². The molecular formula is C13H14ClN3O3. The van der Waals surface area contributed by atoms with E-state index in [0.29, 0.717) is 29.7 Å². The summed E-state index contributed by atoms with van der Waals surface area (Å²) in [5.41, 5.74) is 0.352. The van der Waals surface area contributed by atoms with E-state index < -0.39 is 4.92 Å². The van der Waals surface area contributed by atoms with Crippen LogP contribution in [-0.4, -0.2) is 34.4 Å². The summed E-state index contributed by atoms with van der Waals surface area (Å²) >= 11 is 5.78. The first-order valence-electron chi connectivity index (χ1n) is 6.54. The minimum atomic E-state index is -0.469. The highest BCUT2D eigenvalue weighted by Crippen LogP contribution is 2.33. The number of halogens is 1. The van der Waals surface area contributed by atoms with Gasteiger partial charge >= 0.3 is 0 Å². The molecule has 2 aliphatic rings. The Hall–Kier alpha value is -1.82. The lowest BCUT2D eigenvalue weighted by atomic mass is 10.2. The van der Waals surface area contributed by atoms with Gasteiger partial charge in [0.25, 0.3) is 5.69 Å². The lowest BCUT2D eigenvalue weighted by Gasteiger charge is -2.16. The van der Waals surface area contributed by atoms with E-state index in [1.54, 1.807) is 12.1 Å². The fourth-order valence-electron chi connectivity index (χ4n) is 2.57. The van der Waals surface area contributed by atoms with E-state index in [0.717, 1.165) is 12.8 Å². The molecule has 1 aliphatic heterocycles. The molecule has 2 fully saturated rings. The number of hydrogen-bond donors (Lipinski definition) is 1. The summed E-state index contributed by atoms with van der Waals surface area (Å²) in [7, 11) is 0. The fraction of sp³-hybridized carbons (Fsp3) is 0.462. The molecule has 20 heavy (non-hydrogen) atoms. The summed E-state index contributed by atoms with van der Waals surface area (Å²) < 4.78 is 0. The van der Waals surface area contributed by atoms with Gasteiger partial charge < -0.3 is 10.2 Å². The summed E-state index contributed by atoms with van der Waals surface area (Å²) in [5, 5.41) is 14.4. The SMILES string of the molecule is O=C1CC(Nc2ccc(Cl)cc2[N+](=O)[O-])CN1C1CC1. The zero-order chi connectivity index (χ0) is 14.3. The third-order valence-electron chi connectivity index (χ3n) is 3.66. The molecule has 1 N–H and O–H groups in total. The van der Waals surface area contributed by atoms with Gasteiger partial charge in [0.1, 0.15) is 5.69 Å². The second kappa shape index (κ2) is 4.94. The van der Waals surface area contributed by atoms with Crippen molar-refractivity contribution in [3.8, 4) is 0 Å². The molecule has 7 heteroatoms. The van der Waals surface area contributed by atoms with E-state index in [4.69, 9.17) is 11.6 Å². The van der Waals surface area contributed by atoms with E-state index in [1.165, 1.54) is 6.07 Å². The van der Waals surface area contributed by atoms with E-state index >= 15 is 0 Å². The Morgan fingerprint density at radius 2 is 2.15 bits per heavy atom. The summed E-state index contributed by atoms with van der Waals surface area (Å²) in [6.07, 6.45) is 2.52. The van der Waals surface area contributed by atoms with Crippen molar-refractivity contribution < 1.29 is 9.72 Å². The maximum absolute atomic E-state index is 11.9. The Balaban J connectivity index is 1.75. The number of rotatable bonds is 4. The number of nitrogens with zero attached hydrogens (tertiary/aromatic N) is 2. The summed E-state index contributed by atoms with van der Waals surface area (Å²) in [5.74, 6) is 0.126. The van der Waals surface area contributed by atoms with Gasteiger partial charge in [0.05, 0.1) is 11.0 Å². The Bertz CT molecular complexity index is 574. The molecule has 0 aromatic heterocycles. The lowest BCUT2D eigenvalue weighted by molar-refractivity contribution is -0.384. The molecule has 106 valence electrons. The molecule has 1 unspecified atom stereocenters. The quantitative estimate of drug-likeness (QED) is 0.684. The average Bonchev–Trinajstić information content (AvgIpc) is 3.16. The van der Waals surface area contributed by atoms with Crippen molar-refractivity contribution in [3.05, 3.63) is 33.3 Å². The Morgan fingerprint density at radius 3 is 2.80 bits per heavy atom. The number of hydrogen-bond acceptors (Lipinski definition) is 4. The topological polar surface area (TPSA) is 75.5 Å². The van der Waals surface area contributed by atoms with Crippen LogP contribution >= 0.6 is 11.6 Å². The van der Waals surface area contributed by atoms with Gasteiger partial charge in [-0.1, -0.05) is 11.6 Å². The van der Waals surface area contributed by atoms with Crippen LogP contribution in [0.25, 0.3) is 0 Å². The van der Waals surface area contributed by atoms with Gasteiger partial charge in [-0.05, 0) is 25.0 Å². The first-order chi connectivity index (χ1) is 9.54. The normalized spacial score (nSPS) is 22.1. The standard InChI is InChI=1S/C13H14ClN3O3/c14-8-1-4-11(12(5-8)17(19)20)15-9-6-13(18)16(7-9)10-2-3-10/h1,4-5,9-10,15H,2-3,6-7H2. The van der Waals surface area contributed by atoms with Crippen molar-refractivity contribution in [1.82, 2.24) is 4.90 Å². The molecule has 1 saturated heterocycles. The maximum Gasteiger partial charge on any atom is 0.293 e. The second-order valence-corrected chi connectivity index (χ2v) is 5.68. The van der Waals surface area contributed by atoms with Crippen LogP contribution in [-0.2, 0) is 4.79 Å². The molecular weight excluding hydrogens is 282 g/mol. The zero-order valence-corrected chi connectivity index (χ0v) is 11.5. The number of carbonyl (C=O) groups is 1. The van der Waals surface area contributed by atoms with Crippen LogP contribution in [0.4, 0.5) is 11.4 Å². The largest absolute Gasteiger partial charge is 0.374 e. The molecule has 1 heterocycles. The van der Waals surface area contributed by atoms with E-state index in [9.17, 15) is 14.9 Å². The van der Waals surface area contributed by atoms with Crippen LogP contribution in [0.1, 0.15) is 19.3 Å². The number of nitro groups is 1. The monoisotopic (exact) mass is 295 g/mol.